The number of hydrogen-bond donors (Lipinski definition) is 3. The van der Waals surface area contributed by atoms with E-state index in [0.717, 1.165) is 44.9 Å². The zero-order chi connectivity index (χ0) is 19.0. The fraction of sp³-hybridized carbons (Fsp3) is 0.850. The first-order chi connectivity index (χ1) is 12.5. The molecule has 2 rings (SSSR count). The molecule has 0 radical (unpaired) electrons. The molecule has 6 heteroatoms. The molecule has 2 fully saturated rings. The van der Waals surface area contributed by atoms with Crippen LogP contribution in [0.4, 0.5) is 4.79 Å². The van der Waals surface area contributed by atoms with Gasteiger partial charge in [-0.15, -0.1) is 0 Å². The van der Waals surface area contributed by atoms with E-state index in [2.05, 4.69) is 17.6 Å². The minimum absolute atomic E-state index is 0.144. The molecule has 0 bridgehead atoms. The third-order valence-electron chi connectivity index (χ3n) is 6.16. The maximum Gasteiger partial charge on any atom is 0.322 e. The summed E-state index contributed by atoms with van der Waals surface area (Å²) >= 11 is 0. The number of amides is 3. The van der Waals surface area contributed by atoms with Gasteiger partial charge in [0.15, 0.2) is 0 Å². The van der Waals surface area contributed by atoms with Gasteiger partial charge in [-0.05, 0) is 37.5 Å². The van der Waals surface area contributed by atoms with Crippen molar-refractivity contribution in [2.45, 2.75) is 95.9 Å². The number of carbonyl (C=O) groups is 3. The van der Waals surface area contributed by atoms with E-state index >= 15 is 0 Å². The second-order valence-electron chi connectivity index (χ2n) is 7.98. The molecule has 1 saturated carbocycles. The van der Waals surface area contributed by atoms with Crippen LogP contribution in [0.1, 0.15) is 90.4 Å². The van der Waals surface area contributed by atoms with Crippen molar-refractivity contribution in [3.05, 3.63) is 0 Å². The Balaban J connectivity index is 1.89. The van der Waals surface area contributed by atoms with Gasteiger partial charge < -0.3 is 10.4 Å². The van der Waals surface area contributed by atoms with E-state index in [1.54, 1.807) is 0 Å². The van der Waals surface area contributed by atoms with E-state index in [4.69, 9.17) is 5.11 Å². The molecule has 1 spiro atoms. The summed E-state index contributed by atoms with van der Waals surface area (Å²) in [5.74, 6) is -0.184. The average Bonchev–Trinajstić information content (AvgIpc) is 3.07. The minimum atomic E-state index is -0.739. The van der Waals surface area contributed by atoms with Crippen LogP contribution in [0.3, 0.4) is 0 Å². The Labute approximate surface area is 156 Å². The number of unbranched alkanes of at least 4 members (excludes halogenated alkanes) is 6. The number of imide groups is 1. The summed E-state index contributed by atoms with van der Waals surface area (Å²) in [7, 11) is 0. The Bertz CT molecular complexity index is 508. The zero-order valence-electron chi connectivity index (χ0n) is 16.0. The van der Waals surface area contributed by atoms with Crippen LogP contribution < -0.4 is 10.6 Å². The molecule has 0 unspecified atom stereocenters. The number of carbonyl (C=O) groups excluding carboxylic acids is 2. The van der Waals surface area contributed by atoms with Gasteiger partial charge in [0.1, 0.15) is 5.54 Å². The molecule has 0 aromatic carbocycles. The first-order valence-corrected chi connectivity index (χ1v) is 10.3. The summed E-state index contributed by atoms with van der Waals surface area (Å²) in [6, 6.07) is -0.354. The predicted octanol–water partition coefficient (Wildman–Crippen LogP) is 3.99. The maximum absolute atomic E-state index is 12.5. The van der Waals surface area contributed by atoms with Crippen molar-refractivity contribution in [3.8, 4) is 0 Å². The summed E-state index contributed by atoms with van der Waals surface area (Å²) in [4.78, 5) is 34.8. The molecule has 2 aliphatic rings. The lowest BCUT2D eigenvalue weighted by Crippen LogP contribution is -2.51. The van der Waals surface area contributed by atoms with Gasteiger partial charge in [0.05, 0.1) is 0 Å². The highest BCUT2D eigenvalue weighted by atomic mass is 16.4. The molecule has 0 aromatic rings. The van der Waals surface area contributed by atoms with Crippen LogP contribution in [-0.4, -0.2) is 28.6 Å². The van der Waals surface area contributed by atoms with Gasteiger partial charge in [-0.1, -0.05) is 58.3 Å². The molecule has 1 aliphatic heterocycles. The SMILES string of the molecule is CCCCCC[C@@H]1CC[C@@]2(NC(=O)NC2=O)[C@H]1CCCCCCC(=O)O. The summed E-state index contributed by atoms with van der Waals surface area (Å²) in [5, 5.41) is 14.1. The second kappa shape index (κ2) is 9.93. The maximum atomic E-state index is 12.5. The molecule has 26 heavy (non-hydrogen) atoms. The van der Waals surface area contributed by atoms with Crippen molar-refractivity contribution >= 4 is 17.9 Å². The molecule has 1 aliphatic carbocycles. The lowest BCUT2D eigenvalue weighted by molar-refractivity contribution is -0.137. The van der Waals surface area contributed by atoms with E-state index in [-0.39, 0.29) is 24.3 Å². The van der Waals surface area contributed by atoms with Crippen LogP contribution in [0.2, 0.25) is 0 Å². The lowest BCUT2D eigenvalue weighted by atomic mass is 9.77. The number of carboxylic acid groups (broad SMARTS) is 1. The summed E-state index contributed by atoms with van der Waals surface area (Å²) in [6.07, 6.45) is 12.5. The van der Waals surface area contributed by atoms with Gasteiger partial charge in [-0.25, -0.2) is 4.79 Å². The molecule has 0 aromatic heterocycles. The van der Waals surface area contributed by atoms with E-state index in [1.165, 1.54) is 25.7 Å². The van der Waals surface area contributed by atoms with Crippen molar-refractivity contribution in [2.75, 3.05) is 0 Å². The van der Waals surface area contributed by atoms with Crippen LogP contribution in [-0.2, 0) is 9.59 Å². The summed E-state index contributed by atoms with van der Waals surface area (Å²) in [5.41, 5.74) is -0.701. The van der Waals surface area contributed by atoms with E-state index in [9.17, 15) is 14.4 Å². The Kier molecular flexibility index (Phi) is 7.91. The van der Waals surface area contributed by atoms with E-state index in [0.29, 0.717) is 12.3 Å². The highest BCUT2D eigenvalue weighted by Gasteiger charge is 2.57. The average molecular weight is 367 g/mol. The number of carboxylic acids is 1. The third kappa shape index (κ3) is 5.21. The molecule has 3 amide bonds. The van der Waals surface area contributed by atoms with Crippen molar-refractivity contribution in [3.63, 3.8) is 0 Å². The number of rotatable bonds is 12. The van der Waals surface area contributed by atoms with Crippen molar-refractivity contribution < 1.29 is 19.5 Å². The van der Waals surface area contributed by atoms with Crippen LogP contribution in [0.15, 0.2) is 0 Å². The third-order valence-corrected chi connectivity index (χ3v) is 6.16. The zero-order valence-corrected chi connectivity index (χ0v) is 16.0. The van der Waals surface area contributed by atoms with Crippen LogP contribution >= 0.6 is 0 Å². The monoisotopic (exact) mass is 366 g/mol. The number of nitrogens with one attached hydrogen (secondary N) is 2. The number of aliphatic carboxylic acids is 1. The quantitative estimate of drug-likeness (QED) is 0.359. The Morgan fingerprint density at radius 1 is 1.08 bits per heavy atom. The fourth-order valence-electron chi connectivity index (χ4n) is 4.80. The fourth-order valence-corrected chi connectivity index (χ4v) is 4.80. The van der Waals surface area contributed by atoms with E-state index < -0.39 is 11.5 Å². The molecular formula is C20H34N2O4. The van der Waals surface area contributed by atoms with Gasteiger partial charge in [-0.3, -0.25) is 14.9 Å². The van der Waals surface area contributed by atoms with Gasteiger partial charge in [0.25, 0.3) is 5.91 Å². The minimum Gasteiger partial charge on any atom is -0.481 e. The molecule has 3 N–H and O–H groups in total. The molecule has 6 nitrogen and oxygen atoms in total. The molecule has 3 atom stereocenters. The van der Waals surface area contributed by atoms with Crippen molar-refractivity contribution in [2.24, 2.45) is 11.8 Å². The van der Waals surface area contributed by atoms with Crippen LogP contribution in [0, 0.1) is 11.8 Å². The summed E-state index contributed by atoms with van der Waals surface area (Å²) in [6.45, 7) is 2.20. The smallest absolute Gasteiger partial charge is 0.322 e. The van der Waals surface area contributed by atoms with Crippen LogP contribution in [0.25, 0.3) is 0 Å². The summed E-state index contributed by atoms with van der Waals surface area (Å²) < 4.78 is 0. The first-order valence-electron chi connectivity index (χ1n) is 10.3. The highest BCUT2D eigenvalue weighted by molar-refractivity contribution is 6.07. The highest BCUT2D eigenvalue weighted by Crippen LogP contribution is 2.47. The number of urea groups is 1. The van der Waals surface area contributed by atoms with Gasteiger partial charge in [-0.2, -0.15) is 0 Å². The molecule has 1 saturated heterocycles. The Morgan fingerprint density at radius 3 is 2.42 bits per heavy atom. The second-order valence-corrected chi connectivity index (χ2v) is 7.98. The van der Waals surface area contributed by atoms with Crippen LogP contribution in [0.5, 0.6) is 0 Å². The van der Waals surface area contributed by atoms with Gasteiger partial charge >= 0.3 is 12.0 Å². The van der Waals surface area contributed by atoms with Gasteiger partial charge in [0, 0.05) is 6.42 Å². The Morgan fingerprint density at radius 2 is 1.77 bits per heavy atom. The van der Waals surface area contributed by atoms with E-state index in [1.807, 2.05) is 0 Å². The molecule has 148 valence electrons. The largest absolute Gasteiger partial charge is 0.481 e. The molecular weight excluding hydrogens is 332 g/mol. The van der Waals surface area contributed by atoms with Gasteiger partial charge in [0.2, 0.25) is 0 Å². The van der Waals surface area contributed by atoms with Crippen molar-refractivity contribution in [1.29, 1.82) is 0 Å². The lowest BCUT2D eigenvalue weighted by Gasteiger charge is -2.31. The Hall–Kier alpha value is -1.59. The topological polar surface area (TPSA) is 95.5 Å². The standard InChI is InChI=1S/C20H34N2O4/c1-2-3-4-7-10-15-13-14-20(18(25)21-19(26)22-20)16(15)11-8-5-6-9-12-17(23)24/h15-16H,2-14H2,1H3,(H,23,24)(H2,21,22,25,26)/t15-,16+,20-/m1/s1. The number of hydrogen-bond acceptors (Lipinski definition) is 3. The normalized spacial score (nSPS) is 27.7. The predicted molar refractivity (Wildman–Crippen MR) is 99.7 cm³/mol. The molecule has 1 heterocycles. The van der Waals surface area contributed by atoms with Crippen molar-refractivity contribution in [1.82, 2.24) is 10.6 Å². The first kappa shape index (κ1) is 20.7.